The standard InChI is InChI=1S/C38H25N.C28H26BNO2.C16H11Br/c1-3-9-30-23-32(18-17-26(30)7-1)28-13-15-29(16-14-28)33-20-22-38-36(25-33)35-11-5-6-12-37(35)39(38)34-21-19-27-8-2-4-10-31(27)24-34;1-27(2)28(3,4)32-29(31-27)21-14-16-26-24(18-21)23-11-7-8-12-25(23)30(26)22-15-13-19-9-5-6-10-20(19)17-22;17-16-9-7-13(8-10-16)15-6-5-12-3-1-2-4-14(12)11-15/h1-25H;5-18H,1-4H3;1-11H. The molecule has 0 amide bonds. The van der Waals surface area contributed by atoms with Crippen LogP contribution in [0.25, 0.3) is 131 Å². The van der Waals surface area contributed by atoms with E-state index in [2.05, 4.69) is 356 Å². The summed E-state index contributed by atoms with van der Waals surface area (Å²) >= 11 is 3.46. The van der Waals surface area contributed by atoms with Crippen LogP contribution in [-0.2, 0) is 9.31 Å². The second-order valence-electron chi connectivity index (χ2n) is 24.1. The lowest BCUT2D eigenvalue weighted by atomic mass is 9.78. The zero-order valence-corrected chi connectivity index (χ0v) is 51.1. The van der Waals surface area contributed by atoms with Gasteiger partial charge in [0.05, 0.1) is 33.3 Å². The zero-order chi connectivity index (χ0) is 59.5. The van der Waals surface area contributed by atoms with E-state index in [-0.39, 0.29) is 18.3 Å². The molecule has 0 bridgehead atoms. The Morgan fingerprint density at radius 1 is 0.273 bits per heavy atom. The van der Waals surface area contributed by atoms with Crippen molar-refractivity contribution in [2.45, 2.75) is 38.9 Å². The third kappa shape index (κ3) is 10.2. The van der Waals surface area contributed by atoms with Crippen LogP contribution in [0.4, 0.5) is 0 Å². The van der Waals surface area contributed by atoms with Crippen LogP contribution in [0, 0.1) is 0 Å². The Bertz CT molecular complexity index is 5300. The highest BCUT2D eigenvalue weighted by atomic mass is 79.9. The lowest BCUT2D eigenvalue weighted by Gasteiger charge is -2.32. The predicted octanol–water partition coefficient (Wildman–Crippen LogP) is 21.9. The Morgan fingerprint density at radius 2 is 0.591 bits per heavy atom. The van der Waals surface area contributed by atoms with E-state index in [4.69, 9.17) is 9.31 Å². The van der Waals surface area contributed by atoms with Gasteiger partial charge < -0.3 is 18.4 Å². The van der Waals surface area contributed by atoms with Crippen LogP contribution in [0.15, 0.2) is 308 Å². The summed E-state index contributed by atoms with van der Waals surface area (Å²) in [5.74, 6) is 0. The van der Waals surface area contributed by atoms with E-state index in [1.54, 1.807) is 0 Å². The summed E-state index contributed by atoms with van der Waals surface area (Å²) in [6.45, 7) is 8.38. The molecule has 1 fully saturated rings. The van der Waals surface area contributed by atoms with Gasteiger partial charge in [-0.25, -0.2) is 0 Å². The number of nitrogens with zero attached hydrogens (tertiary/aromatic N) is 2. The molecule has 0 spiro atoms. The number of rotatable bonds is 6. The summed E-state index contributed by atoms with van der Waals surface area (Å²) < 4.78 is 18.5. The Balaban J connectivity index is 0.000000119. The number of aromatic nitrogens is 2. The van der Waals surface area contributed by atoms with Crippen LogP contribution < -0.4 is 5.46 Å². The highest BCUT2D eigenvalue weighted by Crippen LogP contribution is 2.40. The Kier molecular flexibility index (Phi) is 14.0. The maximum atomic E-state index is 6.32. The molecular formula is C82H62BBrN2O2. The summed E-state index contributed by atoms with van der Waals surface area (Å²) in [4.78, 5) is 0. The van der Waals surface area contributed by atoms with Gasteiger partial charge in [0.2, 0.25) is 0 Å². The van der Waals surface area contributed by atoms with Crippen molar-refractivity contribution in [3.8, 4) is 44.8 Å². The summed E-state index contributed by atoms with van der Waals surface area (Å²) in [6, 6.07) is 109. The molecule has 0 atom stereocenters. The third-order valence-electron chi connectivity index (χ3n) is 18.1. The molecule has 2 aromatic heterocycles. The van der Waals surface area contributed by atoms with Gasteiger partial charge in [0, 0.05) is 37.4 Å². The number of benzene rings is 14. The van der Waals surface area contributed by atoms with Gasteiger partial charge in [-0.2, -0.15) is 0 Å². The first kappa shape index (κ1) is 54.8. The van der Waals surface area contributed by atoms with E-state index in [9.17, 15) is 0 Å². The van der Waals surface area contributed by atoms with Gasteiger partial charge in [-0.3, -0.25) is 0 Å². The highest BCUT2D eigenvalue weighted by Gasteiger charge is 2.51. The van der Waals surface area contributed by atoms with Crippen molar-refractivity contribution < 1.29 is 9.31 Å². The number of hydrogen-bond donors (Lipinski definition) is 0. The minimum Gasteiger partial charge on any atom is -0.399 e. The average molecular weight is 1200 g/mol. The topological polar surface area (TPSA) is 28.3 Å². The van der Waals surface area contributed by atoms with Gasteiger partial charge in [0.15, 0.2) is 0 Å². The van der Waals surface area contributed by atoms with Crippen LogP contribution in [-0.4, -0.2) is 27.5 Å². The Hall–Kier alpha value is -9.82. The van der Waals surface area contributed by atoms with Crippen molar-refractivity contribution >= 4 is 115 Å². The molecule has 0 radical (unpaired) electrons. The summed E-state index contributed by atoms with van der Waals surface area (Å²) in [5, 5.41) is 15.1. The van der Waals surface area contributed by atoms with Crippen molar-refractivity contribution in [2.24, 2.45) is 0 Å². The van der Waals surface area contributed by atoms with Crippen LogP contribution >= 0.6 is 15.9 Å². The predicted molar refractivity (Wildman–Crippen MR) is 378 cm³/mol. The molecule has 0 aliphatic carbocycles. The fourth-order valence-electron chi connectivity index (χ4n) is 12.7. The fraction of sp³-hybridized carbons (Fsp3) is 0.0732. The molecule has 0 saturated carbocycles. The van der Waals surface area contributed by atoms with Crippen molar-refractivity contribution in [3.63, 3.8) is 0 Å². The molecule has 4 nitrogen and oxygen atoms in total. The quantitative estimate of drug-likeness (QED) is 0.155. The van der Waals surface area contributed by atoms with Crippen LogP contribution in [0.5, 0.6) is 0 Å². The molecular weight excluding hydrogens is 1140 g/mol. The first-order valence-corrected chi connectivity index (χ1v) is 31.0. The normalized spacial score (nSPS) is 13.6. The molecule has 6 heteroatoms. The van der Waals surface area contributed by atoms with Gasteiger partial charge in [-0.1, -0.05) is 240 Å². The number of para-hydroxylation sites is 2. The van der Waals surface area contributed by atoms with Gasteiger partial charge in [-0.05, 0) is 188 Å². The summed E-state index contributed by atoms with van der Waals surface area (Å²) in [7, 11) is -0.368. The van der Waals surface area contributed by atoms with E-state index in [0.717, 1.165) is 9.94 Å². The average Bonchev–Trinajstić information content (AvgIpc) is 1.77. The summed E-state index contributed by atoms with van der Waals surface area (Å²) in [5.41, 5.74) is 15.0. The van der Waals surface area contributed by atoms with Gasteiger partial charge in [-0.15, -0.1) is 0 Å². The Morgan fingerprint density at radius 3 is 1.05 bits per heavy atom. The molecule has 422 valence electrons. The number of fused-ring (bicyclic) bond motifs is 10. The van der Waals surface area contributed by atoms with Crippen molar-refractivity contribution in [3.05, 3.63) is 308 Å². The smallest absolute Gasteiger partial charge is 0.399 e. The first-order valence-electron chi connectivity index (χ1n) is 30.2. The maximum absolute atomic E-state index is 6.32. The first-order chi connectivity index (χ1) is 43.0. The molecule has 1 saturated heterocycles. The van der Waals surface area contributed by atoms with E-state index >= 15 is 0 Å². The number of hydrogen-bond acceptors (Lipinski definition) is 2. The van der Waals surface area contributed by atoms with Crippen molar-refractivity contribution in [1.82, 2.24) is 9.13 Å². The Labute approximate surface area is 521 Å². The van der Waals surface area contributed by atoms with Crippen LogP contribution in [0.2, 0.25) is 0 Å². The third-order valence-corrected chi connectivity index (χ3v) is 18.6. The highest BCUT2D eigenvalue weighted by molar-refractivity contribution is 9.10. The molecule has 1 aliphatic rings. The van der Waals surface area contributed by atoms with Crippen molar-refractivity contribution in [2.75, 3.05) is 0 Å². The van der Waals surface area contributed by atoms with E-state index in [1.165, 1.54) is 131 Å². The molecule has 0 unspecified atom stereocenters. The molecule has 14 aromatic carbocycles. The monoisotopic (exact) mass is 1200 g/mol. The zero-order valence-electron chi connectivity index (χ0n) is 49.5. The molecule has 17 rings (SSSR count). The van der Waals surface area contributed by atoms with Gasteiger partial charge in [0.1, 0.15) is 0 Å². The second-order valence-corrected chi connectivity index (χ2v) is 25.0. The SMILES string of the molecule is Brc1ccc(-c2ccc3ccccc3c2)cc1.CC1(C)OB(c2ccc3c(c2)c2ccccc2n3-c2ccc3ccccc3c2)OC1(C)C.c1ccc2cc(-c3ccc(-c4ccc5c(c4)c4ccccc4n5-c4ccc5ccccc5c4)cc3)ccc2c1. The lowest BCUT2D eigenvalue weighted by Crippen LogP contribution is -2.41. The van der Waals surface area contributed by atoms with E-state index in [1.807, 2.05) is 0 Å². The molecule has 3 heterocycles. The largest absolute Gasteiger partial charge is 0.494 e. The fourth-order valence-corrected chi connectivity index (χ4v) is 13.0. The van der Waals surface area contributed by atoms with E-state index < -0.39 is 0 Å². The summed E-state index contributed by atoms with van der Waals surface area (Å²) in [6.07, 6.45) is 0. The van der Waals surface area contributed by atoms with Gasteiger partial charge in [0.25, 0.3) is 0 Å². The lowest BCUT2D eigenvalue weighted by molar-refractivity contribution is 0.00578. The van der Waals surface area contributed by atoms with Crippen LogP contribution in [0.3, 0.4) is 0 Å². The minimum absolute atomic E-state index is 0.355. The number of halogens is 1. The molecule has 1 aliphatic heterocycles. The molecule has 88 heavy (non-hydrogen) atoms. The second kappa shape index (κ2) is 22.5. The molecule has 0 N–H and O–H groups in total. The van der Waals surface area contributed by atoms with Gasteiger partial charge >= 0.3 is 7.12 Å². The minimum atomic E-state index is -0.368. The molecule has 16 aromatic rings. The maximum Gasteiger partial charge on any atom is 0.494 e. The van der Waals surface area contributed by atoms with Crippen LogP contribution in [0.1, 0.15) is 27.7 Å². The van der Waals surface area contributed by atoms with Crippen molar-refractivity contribution in [1.29, 1.82) is 0 Å². The van der Waals surface area contributed by atoms with E-state index in [0.29, 0.717) is 0 Å².